The predicted molar refractivity (Wildman–Crippen MR) is 77.0 cm³/mol. The van der Waals surface area contributed by atoms with Gasteiger partial charge in [0.1, 0.15) is 0 Å². The Morgan fingerprint density at radius 3 is 2.71 bits per heavy atom. The second-order valence-electron chi connectivity index (χ2n) is 6.18. The van der Waals surface area contributed by atoms with Gasteiger partial charge < -0.3 is 10.0 Å². The zero-order valence-corrected chi connectivity index (χ0v) is 12.7. The molecule has 1 aliphatic heterocycles. The molecule has 1 unspecified atom stereocenters. The van der Waals surface area contributed by atoms with Gasteiger partial charge in [-0.3, -0.25) is 0 Å². The Morgan fingerprint density at radius 2 is 2.12 bits per heavy atom. The van der Waals surface area contributed by atoms with Gasteiger partial charge in [0, 0.05) is 30.5 Å². The molecule has 10 heteroatoms. The number of anilines is 1. The van der Waals surface area contributed by atoms with E-state index in [-0.39, 0.29) is 25.3 Å². The second-order valence-corrected chi connectivity index (χ2v) is 6.18. The first-order valence-corrected chi connectivity index (χ1v) is 7.45. The molecule has 24 heavy (non-hydrogen) atoms. The Balaban J connectivity index is 1.47. The average Bonchev–Trinajstić information content (AvgIpc) is 3.00. The summed E-state index contributed by atoms with van der Waals surface area (Å²) in [7, 11) is 0. The number of carboxylic acids is 1. The molecule has 4 rings (SSSR count). The van der Waals surface area contributed by atoms with Crippen LogP contribution in [0.2, 0.25) is 0 Å². The molecule has 2 aromatic heterocycles. The summed E-state index contributed by atoms with van der Waals surface area (Å²) in [6, 6.07) is 0. The first-order chi connectivity index (χ1) is 11.4. The number of hydrogen-bond acceptors (Lipinski definition) is 6. The van der Waals surface area contributed by atoms with Gasteiger partial charge >= 0.3 is 5.97 Å². The lowest BCUT2D eigenvalue weighted by atomic mass is 10.2. The fourth-order valence-corrected chi connectivity index (χ4v) is 3.11. The van der Waals surface area contributed by atoms with Crippen molar-refractivity contribution in [2.45, 2.75) is 19.4 Å². The number of piperidine rings is 1. The molecule has 0 spiro atoms. The van der Waals surface area contributed by atoms with Crippen LogP contribution in [0, 0.1) is 18.8 Å². The smallest absolute Gasteiger partial charge is 0.358 e. The van der Waals surface area contributed by atoms with E-state index in [2.05, 4.69) is 20.3 Å². The molecule has 1 aliphatic carbocycles. The van der Waals surface area contributed by atoms with E-state index in [1.54, 1.807) is 18.0 Å². The van der Waals surface area contributed by atoms with Crippen molar-refractivity contribution >= 4 is 11.9 Å². The van der Waals surface area contributed by atoms with Crippen molar-refractivity contribution in [1.82, 2.24) is 25.0 Å². The summed E-state index contributed by atoms with van der Waals surface area (Å²) < 4.78 is 27.9. The molecular weight excluding hydrogens is 322 g/mol. The molecule has 2 fully saturated rings. The highest BCUT2D eigenvalue weighted by molar-refractivity contribution is 5.84. The van der Waals surface area contributed by atoms with Crippen LogP contribution in [-0.2, 0) is 6.54 Å². The molecule has 1 saturated heterocycles. The Labute approximate surface area is 135 Å². The van der Waals surface area contributed by atoms with E-state index in [1.807, 2.05) is 0 Å². The predicted octanol–water partition coefficient (Wildman–Crippen LogP) is 0.824. The number of rotatable bonds is 4. The molecule has 0 amide bonds. The highest BCUT2D eigenvalue weighted by Crippen LogP contribution is 2.59. The Morgan fingerprint density at radius 1 is 1.42 bits per heavy atom. The van der Waals surface area contributed by atoms with E-state index in [0.717, 1.165) is 5.56 Å². The van der Waals surface area contributed by atoms with Gasteiger partial charge in [0.2, 0.25) is 5.95 Å². The first-order valence-electron chi connectivity index (χ1n) is 7.45. The number of nitrogens with zero attached hydrogens (tertiary/aromatic N) is 6. The van der Waals surface area contributed by atoms with Gasteiger partial charge in [-0.05, 0) is 6.92 Å². The quantitative estimate of drug-likeness (QED) is 0.883. The van der Waals surface area contributed by atoms with Crippen molar-refractivity contribution in [3.63, 3.8) is 0 Å². The van der Waals surface area contributed by atoms with E-state index in [1.165, 1.54) is 10.9 Å². The third kappa shape index (κ3) is 2.29. The fraction of sp³-hybridized carbons (Fsp3) is 0.500. The zero-order valence-electron chi connectivity index (χ0n) is 12.7. The molecule has 3 heterocycles. The van der Waals surface area contributed by atoms with E-state index in [0.29, 0.717) is 11.6 Å². The topological polar surface area (TPSA) is 97.0 Å². The van der Waals surface area contributed by atoms with Crippen LogP contribution in [0.3, 0.4) is 0 Å². The highest BCUT2D eigenvalue weighted by atomic mass is 19.3. The number of aromatic carboxylic acids is 1. The molecule has 1 saturated carbocycles. The molecule has 2 atom stereocenters. The van der Waals surface area contributed by atoms with Crippen LogP contribution in [0.5, 0.6) is 0 Å². The summed E-state index contributed by atoms with van der Waals surface area (Å²) in [6.07, 6.45) is 2.94. The summed E-state index contributed by atoms with van der Waals surface area (Å²) >= 11 is 0. The van der Waals surface area contributed by atoms with Crippen LogP contribution in [0.25, 0.3) is 0 Å². The van der Waals surface area contributed by atoms with Crippen LogP contribution in [0.1, 0.15) is 21.7 Å². The van der Waals surface area contributed by atoms with Gasteiger partial charge in [0.05, 0.1) is 24.6 Å². The maximum atomic E-state index is 13.3. The molecule has 0 radical (unpaired) electrons. The summed E-state index contributed by atoms with van der Waals surface area (Å²) in [6.45, 7) is 2.64. The number of aromatic nitrogens is 5. The SMILES string of the molecule is Cc1nc(N2CC3[C@H](C2)C3(F)F)ncc1Cn1cc(C(=O)O)nn1. The van der Waals surface area contributed by atoms with Gasteiger partial charge in [-0.25, -0.2) is 28.2 Å². The van der Waals surface area contributed by atoms with Crippen LogP contribution in [-0.4, -0.2) is 55.0 Å². The minimum absolute atomic E-state index is 0.137. The summed E-state index contributed by atoms with van der Waals surface area (Å²) in [5.41, 5.74) is 1.32. The first kappa shape index (κ1) is 14.9. The summed E-state index contributed by atoms with van der Waals surface area (Å²) in [5.74, 6) is -4.38. The summed E-state index contributed by atoms with van der Waals surface area (Å²) in [5, 5.41) is 16.1. The van der Waals surface area contributed by atoms with Crippen LogP contribution in [0.15, 0.2) is 12.4 Å². The average molecular weight is 336 g/mol. The minimum atomic E-state index is -2.53. The van der Waals surface area contributed by atoms with Crippen molar-refractivity contribution in [1.29, 1.82) is 0 Å². The minimum Gasteiger partial charge on any atom is -0.476 e. The van der Waals surface area contributed by atoms with Crippen molar-refractivity contribution in [3.8, 4) is 0 Å². The van der Waals surface area contributed by atoms with E-state index < -0.39 is 23.7 Å². The molecular formula is C14H14F2N6O2. The number of carboxylic acid groups (broad SMARTS) is 1. The van der Waals surface area contributed by atoms with Gasteiger partial charge in [0.15, 0.2) is 5.69 Å². The number of fused-ring (bicyclic) bond motifs is 1. The van der Waals surface area contributed by atoms with Crippen molar-refractivity contribution in [3.05, 3.63) is 29.3 Å². The maximum Gasteiger partial charge on any atom is 0.358 e. The Kier molecular flexibility index (Phi) is 3.06. The molecule has 8 nitrogen and oxygen atoms in total. The molecule has 126 valence electrons. The van der Waals surface area contributed by atoms with Crippen LogP contribution in [0.4, 0.5) is 14.7 Å². The van der Waals surface area contributed by atoms with Crippen molar-refractivity contribution < 1.29 is 18.7 Å². The van der Waals surface area contributed by atoms with E-state index >= 15 is 0 Å². The lowest BCUT2D eigenvalue weighted by Crippen LogP contribution is -2.29. The van der Waals surface area contributed by atoms with Crippen molar-refractivity contribution in [2.75, 3.05) is 18.0 Å². The molecule has 2 aromatic rings. The monoisotopic (exact) mass is 336 g/mol. The number of hydrogen-bond donors (Lipinski definition) is 1. The highest BCUT2D eigenvalue weighted by Gasteiger charge is 2.71. The zero-order chi connectivity index (χ0) is 17.1. The normalized spacial score (nSPS) is 24.0. The molecule has 1 N–H and O–H groups in total. The Hall–Kier alpha value is -2.65. The maximum absolute atomic E-state index is 13.3. The second kappa shape index (κ2) is 4.92. The molecule has 0 aromatic carbocycles. The third-order valence-corrected chi connectivity index (χ3v) is 4.64. The summed E-state index contributed by atoms with van der Waals surface area (Å²) in [4.78, 5) is 21.2. The van der Waals surface area contributed by atoms with Crippen molar-refractivity contribution in [2.24, 2.45) is 11.8 Å². The number of carbonyl (C=O) groups is 1. The van der Waals surface area contributed by atoms with Gasteiger partial charge in [0.25, 0.3) is 5.92 Å². The van der Waals surface area contributed by atoms with E-state index in [9.17, 15) is 13.6 Å². The fourth-order valence-electron chi connectivity index (χ4n) is 3.11. The van der Waals surface area contributed by atoms with Crippen LogP contribution < -0.4 is 4.90 Å². The Bertz CT molecular complexity index is 809. The number of aryl methyl sites for hydroxylation is 1. The van der Waals surface area contributed by atoms with Gasteiger partial charge in [-0.1, -0.05) is 5.21 Å². The van der Waals surface area contributed by atoms with Crippen LogP contribution >= 0.6 is 0 Å². The molecule has 0 bridgehead atoms. The lowest BCUT2D eigenvalue weighted by Gasteiger charge is -2.20. The largest absolute Gasteiger partial charge is 0.476 e. The molecule has 2 aliphatic rings. The van der Waals surface area contributed by atoms with Gasteiger partial charge in [-0.2, -0.15) is 0 Å². The van der Waals surface area contributed by atoms with E-state index in [4.69, 9.17) is 5.11 Å². The van der Waals surface area contributed by atoms with Gasteiger partial charge in [-0.15, -0.1) is 5.10 Å². The number of halogens is 2. The third-order valence-electron chi connectivity index (χ3n) is 4.64. The standard InChI is InChI=1S/C14H14F2N6O2/c1-7-8(3-22-6-11(12(23)24)19-20-22)2-17-13(18-7)21-4-9-10(5-21)14(9,15)16/h2,6,9-10H,3-5H2,1H3,(H,23,24)/t9-,10?/m0/s1. The lowest BCUT2D eigenvalue weighted by molar-refractivity contribution is 0.0689. The number of alkyl halides is 2.